The van der Waals surface area contributed by atoms with E-state index in [2.05, 4.69) is 71.0 Å². The molecule has 0 aliphatic heterocycles. The summed E-state index contributed by atoms with van der Waals surface area (Å²) in [6.07, 6.45) is 2.07. The molecule has 0 heterocycles. The Labute approximate surface area is 227 Å². The summed E-state index contributed by atoms with van der Waals surface area (Å²) in [4.78, 5) is 0. The quantitative estimate of drug-likeness (QED) is 0.209. The molecule has 0 radical (unpaired) electrons. The maximum absolute atomic E-state index is 6.29. The summed E-state index contributed by atoms with van der Waals surface area (Å²) in [5.74, 6) is 4.34. The fourth-order valence-corrected chi connectivity index (χ4v) is 4.59. The molecular weight excluding hydrogens is 468 g/mol. The summed E-state index contributed by atoms with van der Waals surface area (Å²) in [6.45, 7) is 11.2. The van der Waals surface area contributed by atoms with Crippen molar-refractivity contribution in [3.8, 4) is 23.0 Å². The van der Waals surface area contributed by atoms with Crippen molar-refractivity contribution in [1.82, 2.24) is 0 Å². The van der Waals surface area contributed by atoms with Crippen molar-refractivity contribution in [2.24, 2.45) is 0 Å². The van der Waals surface area contributed by atoms with E-state index in [0.29, 0.717) is 11.8 Å². The molecule has 4 aromatic rings. The molecule has 2 atom stereocenters. The normalized spacial score (nSPS) is 13.5. The highest BCUT2D eigenvalue weighted by Gasteiger charge is 2.19. The van der Waals surface area contributed by atoms with E-state index in [-0.39, 0.29) is 5.92 Å². The lowest BCUT2D eigenvalue weighted by molar-refractivity contribution is 0.469. The average molecular weight is 509 g/mol. The predicted molar refractivity (Wildman–Crippen MR) is 160 cm³/mol. The van der Waals surface area contributed by atoms with Gasteiger partial charge in [0.25, 0.3) is 0 Å². The van der Waals surface area contributed by atoms with Gasteiger partial charge in [-0.1, -0.05) is 58.9 Å². The standard InChI is InChI=1S/C34H40N2O2/c1-6-22(3)31-20-25(8-18-33(31)37-29-14-10-27(35)11-15-29)24(5)26-9-19-34(32(21-26)23(4)7-2)38-30-16-12-28(36)13-17-30/h8-24H,6-7,35-36H2,1-5H3. The van der Waals surface area contributed by atoms with Crippen LogP contribution in [0.15, 0.2) is 84.9 Å². The van der Waals surface area contributed by atoms with Gasteiger partial charge in [0, 0.05) is 17.3 Å². The molecule has 38 heavy (non-hydrogen) atoms. The average Bonchev–Trinajstić information content (AvgIpc) is 2.94. The van der Waals surface area contributed by atoms with Gasteiger partial charge < -0.3 is 20.9 Å². The second kappa shape index (κ2) is 12.1. The number of hydrogen-bond acceptors (Lipinski definition) is 4. The van der Waals surface area contributed by atoms with Crippen LogP contribution in [0.25, 0.3) is 0 Å². The second-order valence-corrected chi connectivity index (χ2v) is 10.3. The third kappa shape index (κ3) is 6.31. The molecule has 0 bridgehead atoms. The first-order valence-electron chi connectivity index (χ1n) is 13.6. The number of nitrogens with two attached hydrogens (primary N) is 2. The van der Waals surface area contributed by atoms with E-state index in [4.69, 9.17) is 20.9 Å². The highest BCUT2D eigenvalue weighted by molar-refractivity contribution is 5.50. The van der Waals surface area contributed by atoms with Crippen LogP contribution in [0.2, 0.25) is 0 Å². The predicted octanol–water partition coefficient (Wildman–Crippen LogP) is 9.61. The van der Waals surface area contributed by atoms with E-state index < -0.39 is 0 Å². The summed E-state index contributed by atoms with van der Waals surface area (Å²) >= 11 is 0. The molecule has 4 aromatic carbocycles. The van der Waals surface area contributed by atoms with Gasteiger partial charge in [-0.15, -0.1) is 0 Å². The molecule has 198 valence electrons. The Morgan fingerprint density at radius 3 is 1.26 bits per heavy atom. The number of benzene rings is 4. The third-order valence-corrected chi connectivity index (χ3v) is 7.57. The van der Waals surface area contributed by atoms with Crippen molar-refractivity contribution in [2.45, 2.75) is 65.2 Å². The Balaban J connectivity index is 1.65. The molecule has 4 heteroatoms. The maximum atomic E-state index is 6.29. The number of ether oxygens (including phenoxy) is 2. The molecule has 4 N–H and O–H groups in total. The molecule has 2 unspecified atom stereocenters. The van der Waals surface area contributed by atoms with Crippen molar-refractivity contribution in [2.75, 3.05) is 11.5 Å². The summed E-state index contributed by atoms with van der Waals surface area (Å²) in [5, 5.41) is 0. The third-order valence-electron chi connectivity index (χ3n) is 7.57. The van der Waals surface area contributed by atoms with E-state index >= 15 is 0 Å². The van der Waals surface area contributed by atoms with Gasteiger partial charge in [-0.2, -0.15) is 0 Å². The lowest BCUT2D eigenvalue weighted by Crippen LogP contribution is -2.04. The first kappa shape index (κ1) is 27.1. The molecule has 4 rings (SSSR count). The molecule has 4 nitrogen and oxygen atoms in total. The van der Waals surface area contributed by atoms with Gasteiger partial charge in [0.2, 0.25) is 0 Å². The summed E-state index contributed by atoms with van der Waals surface area (Å²) in [5.41, 5.74) is 18.1. The SMILES string of the molecule is CCC(C)c1cc(C(C)c2ccc(Oc3ccc(N)cc3)c(C(C)CC)c2)ccc1Oc1ccc(N)cc1. The van der Waals surface area contributed by atoms with Crippen molar-refractivity contribution >= 4 is 11.4 Å². The Bertz CT molecular complexity index is 1240. The van der Waals surface area contributed by atoms with Crippen LogP contribution in [0.4, 0.5) is 11.4 Å². The van der Waals surface area contributed by atoms with Crippen LogP contribution in [0.1, 0.15) is 87.5 Å². The minimum absolute atomic E-state index is 0.219. The van der Waals surface area contributed by atoms with Crippen LogP contribution in [0.3, 0.4) is 0 Å². The van der Waals surface area contributed by atoms with E-state index in [0.717, 1.165) is 47.2 Å². The summed E-state index contributed by atoms with van der Waals surface area (Å²) < 4.78 is 12.6. The molecule has 0 saturated carbocycles. The largest absolute Gasteiger partial charge is 0.457 e. The van der Waals surface area contributed by atoms with Gasteiger partial charge in [0.1, 0.15) is 23.0 Å². The summed E-state index contributed by atoms with van der Waals surface area (Å²) in [7, 11) is 0. The minimum atomic E-state index is 0.219. The van der Waals surface area contributed by atoms with E-state index in [1.807, 2.05) is 48.5 Å². The lowest BCUT2D eigenvalue weighted by Gasteiger charge is -2.22. The monoisotopic (exact) mass is 508 g/mol. The topological polar surface area (TPSA) is 70.5 Å². The Morgan fingerprint density at radius 1 is 0.553 bits per heavy atom. The fourth-order valence-electron chi connectivity index (χ4n) is 4.59. The molecule has 0 spiro atoms. The molecule has 0 amide bonds. The van der Waals surface area contributed by atoms with Gasteiger partial charge in [-0.05, 0) is 108 Å². The van der Waals surface area contributed by atoms with Gasteiger partial charge in [-0.25, -0.2) is 0 Å². The Kier molecular flexibility index (Phi) is 8.62. The zero-order chi connectivity index (χ0) is 27.2. The zero-order valence-corrected chi connectivity index (χ0v) is 23.2. The van der Waals surface area contributed by atoms with Crippen LogP contribution < -0.4 is 20.9 Å². The highest BCUT2D eigenvalue weighted by atomic mass is 16.5. The first-order valence-corrected chi connectivity index (χ1v) is 13.6. The second-order valence-electron chi connectivity index (χ2n) is 10.3. The van der Waals surface area contributed by atoms with E-state index in [1.165, 1.54) is 22.3 Å². The van der Waals surface area contributed by atoms with Gasteiger partial charge in [0.05, 0.1) is 0 Å². The van der Waals surface area contributed by atoms with Crippen molar-refractivity contribution < 1.29 is 9.47 Å². The Morgan fingerprint density at radius 2 is 0.921 bits per heavy atom. The molecule has 0 aliphatic carbocycles. The smallest absolute Gasteiger partial charge is 0.130 e. The van der Waals surface area contributed by atoms with Crippen LogP contribution in [0.5, 0.6) is 23.0 Å². The number of hydrogen-bond donors (Lipinski definition) is 2. The zero-order valence-electron chi connectivity index (χ0n) is 23.2. The van der Waals surface area contributed by atoms with E-state index in [1.54, 1.807) is 0 Å². The van der Waals surface area contributed by atoms with Crippen LogP contribution in [-0.4, -0.2) is 0 Å². The molecule has 0 aromatic heterocycles. The number of nitrogen functional groups attached to an aromatic ring is 2. The summed E-state index contributed by atoms with van der Waals surface area (Å²) in [6, 6.07) is 28.3. The van der Waals surface area contributed by atoms with Crippen LogP contribution in [0, 0.1) is 0 Å². The van der Waals surface area contributed by atoms with Crippen molar-refractivity contribution in [3.05, 3.63) is 107 Å². The Hall–Kier alpha value is -3.92. The minimum Gasteiger partial charge on any atom is -0.457 e. The molecule has 0 saturated heterocycles. The van der Waals surface area contributed by atoms with Gasteiger partial charge >= 0.3 is 0 Å². The molecule has 0 fully saturated rings. The van der Waals surface area contributed by atoms with Gasteiger partial charge in [-0.3, -0.25) is 0 Å². The van der Waals surface area contributed by atoms with Crippen LogP contribution >= 0.6 is 0 Å². The van der Waals surface area contributed by atoms with Gasteiger partial charge in [0.15, 0.2) is 0 Å². The van der Waals surface area contributed by atoms with Crippen LogP contribution in [-0.2, 0) is 0 Å². The lowest BCUT2D eigenvalue weighted by atomic mass is 9.86. The maximum Gasteiger partial charge on any atom is 0.130 e. The van der Waals surface area contributed by atoms with E-state index in [9.17, 15) is 0 Å². The molecular formula is C34H40N2O2. The fraction of sp³-hybridized carbons (Fsp3) is 0.294. The van der Waals surface area contributed by atoms with Crippen molar-refractivity contribution in [1.29, 1.82) is 0 Å². The highest BCUT2D eigenvalue weighted by Crippen LogP contribution is 2.39. The van der Waals surface area contributed by atoms with Crippen molar-refractivity contribution in [3.63, 3.8) is 0 Å². The molecule has 0 aliphatic rings. The first-order chi connectivity index (χ1) is 18.3. The number of anilines is 2. The number of rotatable bonds is 10.